The summed E-state index contributed by atoms with van der Waals surface area (Å²) in [7, 11) is 0. The van der Waals surface area contributed by atoms with Crippen molar-refractivity contribution in [1.29, 1.82) is 0 Å². The fourth-order valence-corrected chi connectivity index (χ4v) is 2.31. The van der Waals surface area contributed by atoms with Crippen LogP contribution >= 0.6 is 0 Å². The van der Waals surface area contributed by atoms with Gasteiger partial charge in [-0.3, -0.25) is 4.98 Å². The van der Waals surface area contributed by atoms with Crippen LogP contribution in [0.2, 0.25) is 0 Å². The number of nitrogens with two attached hydrogens (primary N) is 1. The van der Waals surface area contributed by atoms with Gasteiger partial charge < -0.3 is 15.6 Å². The third-order valence-electron chi connectivity index (χ3n) is 3.34. The number of aromatic nitrogens is 1. The minimum atomic E-state index is 0.0877. The maximum absolute atomic E-state index is 9.14. The average molecular weight is 280 g/mol. The van der Waals surface area contributed by atoms with Crippen molar-refractivity contribution >= 4 is 16.6 Å². The lowest BCUT2D eigenvalue weighted by atomic mass is 10.1. The smallest absolute Gasteiger partial charge is 0.138 e. The molecule has 0 saturated carbocycles. The van der Waals surface area contributed by atoms with Crippen LogP contribution in [0.25, 0.3) is 10.9 Å². The topological polar surface area (TPSA) is 68.4 Å². The summed E-state index contributed by atoms with van der Waals surface area (Å²) in [6, 6.07) is 15.1. The molecule has 0 bridgehead atoms. The van der Waals surface area contributed by atoms with Gasteiger partial charge in [0, 0.05) is 18.2 Å². The van der Waals surface area contributed by atoms with E-state index in [1.165, 1.54) is 0 Å². The van der Waals surface area contributed by atoms with E-state index in [2.05, 4.69) is 4.98 Å². The number of anilines is 1. The predicted octanol–water partition coefficient (Wildman–Crippen LogP) is 3.14. The first kappa shape index (κ1) is 13.4. The molecule has 1 heterocycles. The minimum Gasteiger partial charge on any atom is -0.456 e. The second-order valence-corrected chi connectivity index (χ2v) is 4.74. The Kier molecular flexibility index (Phi) is 3.71. The molecule has 3 rings (SSSR count). The van der Waals surface area contributed by atoms with Crippen LogP contribution in [-0.2, 0) is 6.42 Å². The molecule has 3 N–H and O–H groups in total. The van der Waals surface area contributed by atoms with Crippen LogP contribution in [0.15, 0.2) is 54.7 Å². The Morgan fingerprint density at radius 3 is 2.71 bits per heavy atom. The number of hydrogen-bond acceptors (Lipinski definition) is 4. The maximum atomic E-state index is 9.14. The van der Waals surface area contributed by atoms with Gasteiger partial charge in [-0.25, -0.2) is 0 Å². The first-order valence-corrected chi connectivity index (χ1v) is 6.79. The van der Waals surface area contributed by atoms with E-state index in [1.54, 1.807) is 6.20 Å². The zero-order valence-electron chi connectivity index (χ0n) is 11.5. The van der Waals surface area contributed by atoms with Gasteiger partial charge in [0.1, 0.15) is 11.5 Å². The molecule has 0 unspecified atom stereocenters. The zero-order chi connectivity index (χ0) is 14.7. The summed E-state index contributed by atoms with van der Waals surface area (Å²) in [5, 5.41) is 10.0. The van der Waals surface area contributed by atoms with Crippen LogP contribution in [0.4, 0.5) is 5.69 Å². The van der Waals surface area contributed by atoms with Crippen molar-refractivity contribution in [2.24, 2.45) is 0 Å². The van der Waals surface area contributed by atoms with E-state index in [4.69, 9.17) is 15.6 Å². The van der Waals surface area contributed by atoms with Gasteiger partial charge in [0.05, 0.1) is 11.2 Å². The summed E-state index contributed by atoms with van der Waals surface area (Å²) in [4.78, 5) is 4.30. The van der Waals surface area contributed by atoms with E-state index in [9.17, 15) is 0 Å². The van der Waals surface area contributed by atoms with Crippen molar-refractivity contribution in [2.45, 2.75) is 6.42 Å². The Bertz CT molecular complexity index is 772. The molecule has 0 atom stereocenters. The first-order valence-electron chi connectivity index (χ1n) is 6.79. The van der Waals surface area contributed by atoms with Gasteiger partial charge in [0.2, 0.25) is 0 Å². The zero-order valence-corrected chi connectivity index (χ0v) is 11.5. The van der Waals surface area contributed by atoms with Gasteiger partial charge in [0.15, 0.2) is 0 Å². The molecule has 1 aromatic heterocycles. The minimum absolute atomic E-state index is 0.0877. The fourth-order valence-electron chi connectivity index (χ4n) is 2.31. The molecule has 0 radical (unpaired) electrons. The summed E-state index contributed by atoms with van der Waals surface area (Å²) < 4.78 is 6.02. The number of ether oxygens (including phenoxy) is 1. The second-order valence-electron chi connectivity index (χ2n) is 4.74. The normalized spacial score (nSPS) is 10.7. The lowest BCUT2D eigenvalue weighted by molar-refractivity contribution is 0.298. The summed E-state index contributed by atoms with van der Waals surface area (Å²) in [5.41, 5.74) is 8.27. The molecule has 106 valence electrons. The first-order chi connectivity index (χ1) is 10.3. The highest BCUT2D eigenvalue weighted by molar-refractivity contribution is 5.93. The second kappa shape index (κ2) is 5.81. The Labute approximate surface area is 122 Å². The van der Waals surface area contributed by atoms with Gasteiger partial charge in [-0.15, -0.1) is 0 Å². The van der Waals surface area contributed by atoms with Crippen LogP contribution in [-0.4, -0.2) is 16.7 Å². The number of aliphatic hydroxyl groups is 1. The summed E-state index contributed by atoms with van der Waals surface area (Å²) >= 11 is 0. The number of benzene rings is 2. The van der Waals surface area contributed by atoms with E-state index in [0.29, 0.717) is 17.9 Å². The Morgan fingerprint density at radius 1 is 1.00 bits per heavy atom. The highest BCUT2D eigenvalue weighted by Crippen LogP contribution is 2.32. The highest BCUT2D eigenvalue weighted by Gasteiger charge is 2.08. The van der Waals surface area contributed by atoms with Crippen molar-refractivity contribution in [3.8, 4) is 11.5 Å². The fraction of sp³-hybridized carbons (Fsp3) is 0.118. The van der Waals surface area contributed by atoms with Crippen molar-refractivity contribution in [1.82, 2.24) is 4.98 Å². The van der Waals surface area contributed by atoms with E-state index >= 15 is 0 Å². The highest BCUT2D eigenvalue weighted by atomic mass is 16.5. The van der Waals surface area contributed by atoms with Crippen molar-refractivity contribution in [3.05, 3.63) is 60.3 Å². The molecular formula is C17H16N2O2. The number of fused-ring (bicyclic) bond motifs is 1. The third-order valence-corrected chi connectivity index (χ3v) is 3.34. The van der Waals surface area contributed by atoms with Crippen molar-refractivity contribution in [2.75, 3.05) is 12.3 Å². The van der Waals surface area contributed by atoms with Gasteiger partial charge in [-0.05, 0) is 36.2 Å². The van der Waals surface area contributed by atoms with Gasteiger partial charge in [-0.1, -0.05) is 24.3 Å². The van der Waals surface area contributed by atoms with Crippen LogP contribution < -0.4 is 10.5 Å². The summed E-state index contributed by atoms with van der Waals surface area (Å²) in [6.07, 6.45) is 2.24. The largest absolute Gasteiger partial charge is 0.456 e. The van der Waals surface area contributed by atoms with Gasteiger partial charge in [-0.2, -0.15) is 0 Å². The molecule has 0 spiro atoms. The van der Waals surface area contributed by atoms with Crippen LogP contribution in [0.5, 0.6) is 11.5 Å². The molecule has 0 fully saturated rings. The van der Waals surface area contributed by atoms with Gasteiger partial charge in [0.25, 0.3) is 0 Å². The summed E-state index contributed by atoms with van der Waals surface area (Å²) in [6.45, 7) is 0.0877. The maximum Gasteiger partial charge on any atom is 0.138 e. The Balaban J connectivity index is 2.05. The molecule has 0 aliphatic heterocycles. The number of aliphatic hydroxyl groups excluding tert-OH is 1. The molecule has 4 heteroatoms. The van der Waals surface area contributed by atoms with Crippen molar-refractivity contribution < 1.29 is 9.84 Å². The van der Waals surface area contributed by atoms with E-state index in [0.717, 1.165) is 22.2 Å². The molecule has 0 aliphatic rings. The molecule has 4 nitrogen and oxygen atoms in total. The number of pyridine rings is 1. The van der Waals surface area contributed by atoms with Crippen LogP contribution in [0.3, 0.4) is 0 Å². The number of hydrogen-bond donors (Lipinski definition) is 2. The standard InChI is InChI=1S/C17H16N2O2/c18-14-6-3-5-13-16(8-10-19-17(13)14)21-15-7-2-1-4-12(15)9-11-20/h1-8,10,20H,9,11,18H2. The molecule has 0 aliphatic carbocycles. The van der Waals surface area contributed by atoms with Crippen LogP contribution in [0.1, 0.15) is 5.56 Å². The lowest BCUT2D eigenvalue weighted by Crippen LogP contribution is -1.96. The third kappa shape index (κ3) is 2.66. The number of rotatable bonds is 4. The number of nitrogens with zero attached hydrogens (tertiary/aromatic N) is 1. The number of nitrogen functional groups attached to an aromatic ring is 1. The SMILES string of the molecule is Nc1cccc2c(Oc3ccccc3CCO)ccnc12. The Morgan fingerprint density at radius 2 is 1.86 bits per heavy atom. The van der Waals surface area contributed by atoms with E-state index in [1.807, 2.05) is 48.5 Å². The molecule has 2 aromatic carbocycles. The molecule has 0 saturated heterocycles. The van der Waals surface area contributed by atoms with Crippen LogP contribution in [0, 0.1) is 0 Å². The molecule has 0 amide bonds. The molecule has 21 heavy (non-hydrogen) atoms. The lowest BCUT2D eigenvalue weighted by Gasteiger charge is -2.12. The van der Waals surface area contributed by atoms with E-state index < -0.39 is 0 Å². The monoisotopic (exact) mass is 280 g/mol. The van der Waals surface area contributed by atoms with Crippen molar-refractivity contribution in [3.63, 3.8) is 0 Å². The predicted molar refractivity (Wildman–Crippen MR) is 83.5 cm³/mol. The Hall–Kier alpha value is -2.59. The average Bonchev–Trinajstić information content (AvgIpc) is 2.51. The number of para-hydroxylation sites is 2. The molecule has 3 aromatic rings. The summed E-state index contributed by atoms with van der Waals surface area (Å²) in [5.74, 6) is 1.44. The van der Waals surface area contributed by atoms with Gasteiger partial charge >= 0.3 is 0 Å². The molecular weight excluding hydrogens is 264 g/mol. The van der Waals surface area contributed by atoms with E-state index in [-0.39, 0.29) is 6.61 Å². The quantitative estimate of drug-likeness (QED) is 0.720.